The van der Waals surface area contributed by atoms with Gasteiger partial charge in [0, 0.05) is 0 Å². The summed E-state index contributed by atoms with van der Waals surface area (Å²) in [6.07, 6.45) is -16.8. The molecule has 13 heteroatoms. The predicted molar refractivity (Wildman–Crippen MR) is 137 cm³/mol. The maximum Gasteiger partial charge on any atom is 0.338 e. The van der Waals surface area contributed by atoms with Gasteiger partial charge in [-0.25, -0.2) is 9.59 Å². The molecule has 2 saturated heterocycles. The molecule has 0 aromatic heterocycles. The molecule has 0 bridgehead atoms. The van der Waals surface area contributed by atoms with Gasteiger partial charge in [-0.05, 0) is 37.1 Å². The fourth-order valence-electron chi connectivity index (χ4n) is 4.54. The third kappa shape index (κ3) is 6.92. The number of aryl methyl sites for hydroxylation is 2. The molecule has 2 fully saturated rings. The fraction of sp³-hybridized carbons (Fsp3) is 0.500. The molecule has 0 saturated carbocycles. The minimum absolute atomic E-state index is 0.284. The molecule has 41 heavy (non-hydrogen) atoms. The first-order valence-electron chi connectivity index (χ1n) is 13.0. The number of benzene rings is 2. The second-order valence-electron chi connectivity index (χ2n) is 9.99. The van der Waals surface area contributed by atoms with Gasteiger partial charge in [-0.1, -0.05) is 36.4 Å². The van der Waals surface area contributed by atoms with E-state index in [0.717, 1.165) is 0 Å². The highest BCUT2D eigenvalue weighted by Crippen LogP contribution is 2.29. The standard InChI is InChI=1S/C28H34O13/c1-13-7-3-5-9-15(13)25(35)37-11-17-19(29)21(31)23(33)27(39-17)41-28-24(34)22(32)20(30)18(40-28)12-38-26(36)16-10-6-4-8-14(16)2/h3-10,17-24,27-34H,11-12H2,1-2H3/t17-,18-,19-,20-,21+,22+,23-,24-,27-,28-/m1/s1. The lowest BCUT2D eigenvalue weighted by atomic mass is 9.98. The Bertz CT molecular complexity index is 1110. The Morgan fingerprint density at radius 2 is 0.976 bits per heavy atom. The summed E-state index contributed by atoms with van der Waals surface area (Å²) in [6.45, 7) is 2.38. The van der Waals surface area contributed by atoms with Gasteiger partial charge in [0.05, 0.1) is 11.1 Å². The highest BCUT2D eigenvalue weighted by molar-refractivity contribution is 5.91. The molecule has 13 nitrogen and oxygen atoms in total. The van der Waals surface area contributed by atoms with Crippen molar-refractivity contribution in [2.24, 2.45) is 0 Å². The van der Waals surface area contributed by atoms with Crippen molar-refractivity contribution in [2.75, 3.05) is 13.2 Å². The summed E-state index contributed by atoms with van der Waals surface area (Å²) in [5, 5.41) is 62.5. The topological polar surface area (TPSA) is 202 Å². The van der Waals surface area contributed by atoms with Gasteiger partial charge in [0.1, 0.15) is 62.0 Å². The van der Waals surface area contributed by atoms with Gasteiger partial charge < -0.3 is 54.3 Å². The minimum Gasteiger partial charge on any atom is -0.459 e. The molecule has 0 spiro atoms. The van der Waals surface area contributed by atoms with Crippen LogP contribution >= 0.6 is 0 Å². The Morgan fingerprint density at radius 3 is 1.34 bits per heavy atom. The van der Waals surface area contributed by atoms with Crippen molar-refractivity contribution in [1.29, 1.82) is 0 Å². The summed E-state index contributed by atoms with van der Waals surface area (Å²) in [7, 11) is 0. The van der Waals surface area contributed by atoms with Crippen LogP contribution in [0.15, 0.2) is 48.5 Å². The number of aliphatic hydroxyl groups is 6. The van der Waals surface area contributed by atoms with Crippen LogP contribution in [0.5, 0.6) is 0 Å². The molecule has 2 heterocycles. The molecule has 10 atom stereocenters. The van der Waals surface area contributed by atoms with Crippen LogP contribution < -0.4 is 0 Å². The van der Waals surface area contributed by atoms with Crippen LogP contribution in [0.2, 0.25) is 0 Å². The average molecular weight is 579 g/mol. The van der Waals surface area contributed by atoms with Crippen LogP contribution in [0.4, 0.5) is 0 Å². The molecule has 2 aromatic rings. The van der Waals surface area contributed by atoms with Gasteiger partial charge >= 0.3 is 11.9 Å². The van der Waals surface area contributed by atoms with Crippen molar-refractivity contribution in [2.45, 2.75) is 75.3 Å². The summed E-state index contributed by atoms with van der Waals surface area (Å²) in [5.74, 6) is -1.41. The molecule has 6 N–H and O–H groups in total. The van der Waals surface area contributed by atoms with Gasteiger partial charge in [-0.15, -0.1) is 0 Å². The average Bonchev–Trinajstić information content (AvgIpc) is 2.96. The van der Waals surface area contributed by atoms with Crippen molar-refractivity contribution < 1.29 is 63.9 Å². The number of carbonyl (C=O) groups is 2. The number of aliphatic hydroxyl groups excluding tert-OH is 6. The Balaban J connectivity index is 1.39. The Hall–Kier alpha value is -2.98. The number of hydrogen-bond donors (Lipinski definition) is 6. The first-order chi connectivity index (χ1) is 19.5. The van der Waals surface area contributed by atoms with Crippen LogP contribution in [-0.2, 0) is 23.7 Å². The molecule has 0 radical (unpaired) electrons. The van der Waals surface area contributed by atoms with E-state index >= 15 is 0 Å². The highest BCUT2D eigenvalue weighted by Gasteiger charge is 2.50. The molecule has 0 unspecified atom stereocenters. The monoisotopic (exact) mass is 578 g/mol. The molecule has 224 valence electrons. The maximum atomic E-state index is 12.5. The van der Waals surface area contributed by atoms with Crippen molar-refractivity contribution in [1.82, 2.24) is 0 Å². The van der Waals surface area contributed by atoms with E-state index in [1.54, 1.807) is 62.4 Å². The first kappa shape index (κ1) is 31.0. The first-order valence-corrected chi connectivity index (χ1v) is 13.0. The Kier molecular flexibility index (Phi) is 10.1. The lowest BCUT2D eigenvalue weighted by molar-refractivity contribution is -0.376. The quantitative estimate of drug-likeness (QED) is 0.207. The van der Waals surface area contributed by atoms with E-state index < -0.39 is 86.6 Å². The number of rotatable bonds is 8. The van der Waals surface area contributed by atoms with Crippen LogP contribution in [-0.4, -0.2) is 117 Å². The SMILES string of the molecule is Cc1ccccc1C(=O)OC[C@H]1O[C@H](O[C@H]2O[C@H](COC(=O)c3ccccc3C)[C@@H](O)[C@H](O)[C@H]2O)[C@H](O)[C@@H](O)[C@@H]1O. The zero-order valence-electron chi connectivity index (χ0n) is 22.3. The lowest BCUT2D eigenvalue weighted by Gasteiger charge is -2.44. The van der Waals surface area contributed by atoms with Gasteiger partial charge in [0.25, 0.3) is 0 Å². The molecule has 0 aliphatic carbocycles. The van der Waals surface area contributed by atoms with Crippen LogP contribution in [0.3, 0.4) is 0 Å². The predicted octanol–water partition coefficient (Wildman–Crippen LogP) is -1.05. The van der Waals surface area contributed by atoms with Crippen LogP contribution in [0, 0.1) is 13.8 Å². The van der Waals surface area contributed by atoms with Gasteiger partial charge in [0.2, 0.25) is 0 Å². The van der Waals surface area contributed by atoms with E-state index in [1.807, 2.05) is 0 Å². The van der Waals surface area contributed by atoms with Gasteiger partial charge in [-0.2, -0.15) is 0 Å². The summed E-state index contributed by atoms with van der Waals surface area (Å²) in [5.41, 5.74) is 1.88. The molecule has 2 aliphatic rings. The van der Waals surface area contributed by atoms with Crippen molar-refractivity contribution >= 4 is 11.9 Å². The van der Waals surface area contributed by atoms with Gasteiger partial charge in [0.15, 0.2) is 12.6 Å². The molecular formula is C28H34O13. The molecule has 4 rings (SSSR count). The molecule has 0 amide bonds. The summed E-state index contributed by atoms with van der Waals surface area (Å²) in [4.78, 5) is 25.0. The smallest absolute Gasteiger partial charge is 0.338 e. The van der Waals surface area contributed by atoms with E-state index in [4.69, 9.17) is 23.7 Å². The summed E-state index contributed by atoms with van der Waals surface area (Å²) < 4.78 is 27.0. The molecule has 2 aliphatic heterocycles. The second kappa shape index (κ2) is 13.3. The largest absolute Gasteiger partial charge is 0.459 e. The normalized spacial score (nSPS) is 33.7. The van der Waals surface area contributed by atoms with Crippen LogP contribution in [0.25, 0.3) is 0 Å². The third-order valence-electron chi connectivity index (χ3n) is 7.09. The van der Waals surface area contributed by atoms with E-state index in [-0.39, 0.29) is 11.1 Å². The molecule has 2 aromatic carbocycles. The third-order valence-corrected chi connectivity index (χ3v) is 7.09. The minimum atomic E-state index is -1.84. The summed E-state index contributed by atoms with van der Waals surface area (Å²) >= 11 is 0. The van der Waals surface area contributed by atoms with Crippen molar-refractivity contribution in [3.63, 3.8) is 0 Å². The summed E-state index contributed by atoms with van der Waals surface area (Å²) in [6, 6.07) is 13.3. The zero-order valence-corrected chi connectivity index (χ0v) is 22.3. The van der Waals surface area contributed by atoms with E-state index in [9.17, 15) is 40.2 Å². The van der Waals surface area contributed by atoms with Crippen molar-refractivity contribution in [3.8, 4) is 0 Å². The Morgan fingerprint density at radius 1 is 0.610 bits per heavy atom. The number of ether oxygens (including phenoxy) is 5. The van der Waals surface area contributed by atoms with Gasteiger partial charge in [-0.3, -0.25) is 0 Å². The van der Waals surface area contributed by atoms with Crippen molar-refractivity contribution in [3.05, 3.63) is 70.8 Å². The number of hydrogen-bond acceptors (Lipinski definition) is 13. The number of carbonyl (C=O) groups excluding carboxylic acids is 2. The van der Waals surface area contributed by atoms with E-state index in [0.29, 0.717) is 11.1 Å². The van der Waals surface area contributed by atoms with Crippen LogP contribution in [0.1, 0.15) is 31.8 Å². The Labute approximate surface area is 235 Å². The van der Waals surface area contributed by atoms with E-state index in [1.165, 1.54) is 0 Å². The second-order valence-corrected chi connectivity index (χ2v) is 9.99. The number of esters is 2. The highest BCUT2D eigenvalue weighted by atomic mass is 16.8. The zero-order chi connectivity index (χ0) is 29.8. The maximum absolute atomic E-state index is 12.5. The fourth-order valence-corrected chi connectivity index (χ4v) is 4.54. The van der Waals surface area contributed by atoms with E-state index in [2.05, 4.69) is 0 Å². The molecular weight excluding hydrogens is 544 g/mol. The lowest BCUT2D eigenvalue weighted by Crippen LogP contribution is -2.64.